The number of nitrogens with two attached hydrogens (primary N) is 1. The van der Waals surface area contributed by atoms with Crippen molar-refractivity contribution in [3.63, 3.8) is 0 Å². The third kappa shape index (κ3) is 3.47. The molecule has 0 aromatic rings. The molecule has 0 radical (unpaired) electrons. The summed E-state index contributed by atoms with van der Waals surface area (Å²) in [6.45, 7) is 3.91. The third-order valence-electron chi connectivity index (χ3n) is 4.50. The molecule has 0 heterocycles. The fourth-order valence-electron chi connectivity index (χ4n) is 2.49. The molecule has 1 unspecified atom stereocenters. The molecule has 1 saturated carbocycles. The van der Waals surface area contributed by atoms with Crippen molar-refractivity contribution in [1.29, 1.82) is 0 Å². The summed E-state index contributed by atoms with van der Waals surface area (Å²) in [6, 6.07) is 0. The van der Waals surface area contributed by atoms with Crippen molar-refractivity contribution in [2.45, 2.75) is 64.3 Å². The second kappa shape index (κ2) is 6.37. The van der Waals surface area contributed by atoms with Crippen LogP contribution in [-0.2, 0) is 9.59 Å². The topological polar surface area (TPSA) is 92.4 Å². The van der Waals surface area contributed by atoms with E-state index in [0.29, 0.717) is 19.3 Å². The number of hydrogen-bond donors (Lipinski definition) is 3. The Labute approximate surface area is 114 Å². The number of hydrogen-bond acceptors (Lipinski definition) is 3. The molecule has 1 rings (SSSR count). The van der Waals surface area contributed by atoms with E-state index in [4.69, 9.17) is 5.73 Å². The summed E-state index contributed by atoms with van der Waals surface area (Å²) in [4.78, 5) is 24.0. The average Bonchev–Trinajstić information content (AvgIpc) is 2.64. The first-order chi connectivity index (χ1) is 8.90. The van der Waals surface area contributed by atoms with Gasteiger partial charge in [0.25, 0.3) is 0 Å². The number of carboxylic acid groups (broad SMARTS) is 1. The normalized spacial score (nSPS) is 22.1. The van der Waals surface area contributed by atoms with E-state index in [0.717, 1.165) is 25.7 Å². The van der Waals surface area contributed by atoms with Gasteiger partial charge in [-0.2, -0.15) is 0 Å². The minimum atomic E-state index is -1.10. The van der Waals surface area contributed by atoms with Crippen LogP contribution in [0.5, 0.6) is 0 Å². The van der Waals surface area contributed by atoms with Gasteiger partial charge in [-0.1, -0.05) is 32.6 Å². The minimum absolute atomic E-state index is 0.227. The Hall–Kier alpha value is -1.10. The van der Waals surface area contributed by atoms with Crippen molar-refractivity contribution in [1.82, 2.24) is 5.32 Å². The SMILES string of the molecule is CCC(C)(CN)C(=O)NC1(C(=O)O)CCCCCC1. The number of carbonyl (C=O) groups is 2. The number of amides is 1. The zero-order valence-corrected chi connectivity index (χ0v) is 12.0. The largest absolute Gasteiger partial charge is 0.480 e. The van der Waals surface area contributed by atoms with Gasteiger partial charge in [0.2, 0.25) is 5.91 Å². The predicted molar refractivity (Wildman–Crippen MR) is 73.7 cm³/mol. The third-order valence-corrected chi connectivity index (χ3v) is 4.50. The lowest BCUT2D eigenvalue weighted by Crippen LogP contribution is -2.58. The van der Waals surface area contributed by atoms with Crippen molar-refractivity contribution < 1.29 is 14.7 Å². The second-order valence-electron chi connectivity index (χ2n) is 5.87. The lowest BCUT2D eigenvalue weighted by Gasteiger charge is -2.34. The van der Waals surface area contributed by atoms with E-state index in [1.54, 1.807) is 6.92 Å². The molecule has 1 atom stereocenters. The van der Waals surface area contributed by atoms with Gasteiger partial charge in [0.05, 0.1) is 5.41 Å². The Morgan fingerprint density at radius 1 is 1.26 bits per heavy atom. The van der Waals surface area contributed by atoms with Crippen LogP contribution in [0.1, 0.15) is 58.8 Å². The van der Waals surface area contributed by atoms with Crippen molar-refractivity contribution in [3.8, 4) is 0 Å². The monoisotopic (exact) mass is 270 g/mol. The van der Waals surface area contributed by atoms with Crippen LogP contribution in [0.3, 0.4) is 0 Å². The van der Waals surface area contributed by atoms with Crippen LogP contribution in [0, 0.1) is 5.41 Å². The molecule has 0 aromatic carbocycles. The van der Waals surface area contributed by atoms with E-state index in [2.05, 4.69) is 5.32 Å². The van der Waals surface area contributed by atoms with Gasteiger partial charge in [0.1, 0.15) is 5.54 Å². The van der Waals surface area contributed by atoms with Gasteiger partial charge < -0.3 is 16.2 Å². The van der Waals surface area contributed by atoms with Crippen LogP contribution in [0.25, 0.3) is 0 Å². The fraction of sp³-hybridized carbons (Fsp3) is 0.857. The molecular weight excluding hydrogens is 244 g/mol. The average molecular weight is 270 g/mol. The van der Waals surface area contributed by atoms with E-state index in [1.807, 2.05) is 6.92 Å². The Bertz CT molecular complexity index is 330. The van der Waals surface area contributed by atoms with Gasteiger partial charge in [-0.3, -0.25) is 4.79 Å². The van der Waals surface area contributed by atoms with E-state index in [1.165, 1.54) is 0 Å². The van der Waals surface area contributed by atoms with Gasteiger partial charge >= 0.3 is 5.97 Å². The molecule has 4 N–H and O–H groups in total. The van der Waals surface area contributed by atoms with Crippen LogP contribution in [0.4, 0.5) is 0 Å². The summed E-state index contributed by atoms with van der Waals surface area (Å²) < 4.78 is 0. The van der Waals surface area contributed by atoms with Crippen molar-refractivity contribution >= 4 is 11.9 Å². The van der Waals surface area contributed by atoms with Gasteiger partial charge in [0, 0.05) is 6.54 Å². The Kier molecular flexibility index (Phi) is 5.35. The first-order valence-corrected chi connectivity index (χ1v) is 7.16. The van der Waals surface area contributed by atoms with Gasteiger partial charge in [-0.05, 0) is 26.2 Å². The summed E-state index contributed by atoms with van der Waals surface area (Å²) in [5.74, 6) is -1.15. The van der Waals surface area contributed by atoms with Crippen LogP contribution < -0.4 is 11.1 Å². The molecule has 0 bridgehead atoms. The summed E-state index contributed by atoms with van der Waals surface area (Å²) in [6.07, 6.45) is 5.39. The molecule has 110 valence electrons. The van der Waals surface area contributed by atoms with Crippen LogP contribution >= 0.6 is 0 Å². The van der Waals surface area contributed by atoms with Gasteiger partial charge in [-0.25, -0.2) is 4.79 Å². The number of nitrogens with one attached hydrogen (secondary N) is 1. The van der Waals surface area contributed by atoms with E-state index in [-0.39, 0.29) is 12.5 Å². The number of aliphatic carboxylic acids is 1. The highest BCUT2D eigenvalue weighted by atomic mass is 16.4. The standard InChI is InChI=1S/C14H26N2O3/c1-3-13(2,10-15)11(17)16-14(12(18)19)8-6-4-5-7-9-14/h3-10,15H2,1-2H3,(H,16,17)(H,18,19). The molecule has 0 saturated heterocycles. The summed E-state index contributed by atoms with van der Waals surface area (Å²) in [5.41, 5.74) is 3.88. The van der Waals surface area contributed by atoms with E-state index in [9.17, 15) is 14.7 Å². The Balaban J connectivity index is 2.89. The summed E-state index contributed by atoms with van der Waals surface area (Å²) in [5, 5.41) is 12.3. The molecule has 0 aromatic heterocycles. The van der Waals surface area contributed by atoms with Crippen LogP contribution in [-0.4, -0.2) is 29.1 Å². The molecule has 1 fully saturated rings. The maximum absolute atomic E-state index is 12.4. The lowest BCUT2D eigenvalue weighted by atomic mass is 9.83. The lowest BCUT2D eigenvalue weighted by molar-refractivity contribution is -0.150. The minimum Gasteiger partial charge on any atom is -0.480 e. The molecule has 1 amide bonds. The number of carboxylic acids is 1. The smallest absolute Gasteiger partial charge is 0.329 e. The summed E-state index contributed by atoms with van der Waals surface area (Å²) >= 11 is 0. The first-order valence-electron chi connectivity index (χ1n) is 7.16. The number of carbonyl (C=O) groups excluding carboxylic acids is 1. The molecule has 5 nitrogen and oxygen atoms in total. The van der Waals surface area contributed by atoms with Crippen LogP contribution in [0.15, 0.2) is 0 Å². The molecule has 19 heavy (non-hydrogen) atoms. The highest BCUT2D eigenvalue weighted by Gasteiger charge is 2.43. The molecule has 5 heteroatoms. The molecule has 1 aliphatic rings. The maximum Gasteiger partial charge on any atom is 0.329 e. The zero-order chi connectivity index (χ0) is 14.5. The Morgan fingerprint density at radius 3 is 2.16 bits per heavy atom. The van der Waals surface area contributed by atoms with Crippen molar-refractivity contribution in [3.05, 3.63) is 0 Å². The van der Waals surface area contributed by atoms with Crippen LogP contribution in [0.2, 0.25) is 0 Å². The maximum atomic E-state index is 12.4. The molecular formula is C14H26N2O3. The number of rotatable bonds is 5. The summed E-state index contributed by atoms with van der Waals surface area (Å²) in [7, 11) is 0. The van der Waals surface area contributed by atoms with Crippen molar-refractivity contribution in [2.24, 2.45) is 11.1 Å². The van der Waals surface area contributed by atoms with Crippen molar-refractivity contribution in [2.75, 3.05) is 6.54 Å². The highest BCUT2D eigenvalue weighted by Crippen LogP contribution is 2.29. The van der Waals surface area contributed by atoms with Gasteiger partial charge in [0.15, 0.2) is 0 Å². The van der Waals surface area contributed by atoms with E-state index < -0.39 is 16.9 Å². The molecule has 0 spiro atoms. The first kappa shape index (κ1) is 16.0. The molecule has 1 aliphatic carbocycles. The Morgan fingerprint density at radius 2 is 1.79 bits per heavy atom. The van der Waals surface area contributed by atoms with E-state index >= 15 is 0 Å². The molecule has 0 aliphatic heterocycles. The van der Waals surface area contributed by atoms with Gasteiger partial charge in [-0.15, -0.1) is 0 Å². The zero-order valence-electron chi connectivity index (χ0n) is 12.0. The highest BCUT2D eigenvalue weighted by molar-refractivity contribution is 5.90. The fourth-order valence-corrected chi connectivity index (χ4v) is 2.49. The predicted octanol–water partition coefficient (Wildman–Crippen LogP) is 1.66. The second-order valence-corrected chi connectivity index (χ2v) is 5.87. The quantitative estimate of drug-likeness (QED) is 0.662.